The van der Waals surface area contributed by atoms with Gasteiger partial charge < -0.3 is 35.8 Å². The Bertz CT molecular complexity index is 2160. The summed E-state index contributed by atoms with van der Waals surface area (Å²) in [5, 5.41) is 14.7. The molecule has 2 aromatic rings. The third kappa shape index (κ3) is 28.3. The van der Waals surface area contributed by atoms with Gasteiger partial charge in [-0.2, -0.15) is 13.2 Å². The maximum Gasteiger partial charge on any atom is 0.490 e. The van der Waals surface area contributed by atoms with Crippen molar-refractivity contribution in [3.05, 3.63) is 51.7 Å². The van der Waals surface area contributed by atoms with Crippen LogP contribution < -0.4 is 16.4 Å². The Morgan fingerprint density at radius 2 is 1.53 bits per heavy atom. The lowest BCUT2D eigenvalue weighted by atomic mass is 9.83. The molecule has 1 aromatic carbocycles. The number of hydrogen-bond donors (Lipinski definition) is 4. The first-order valence-corrected chi connectivity index (χ1v) is 31.1. The summed E-state index contributed by atoms with van der Waals surface area (Å²) in [4.78, 5) is 97.7. The number of ketones is 2. The van der Waals surface area contributed by atoms with Crippen molar-refractivity contribution in [2.45, 2.75) is 181 Å². The number of esters is 1. The van der Waals surface area contributed by atoms with E-state index in [1.54, 1.807) is 58.0 Å². The summed E-state index contributed by atoms with van der Waals surface area (Å²) in [7, 11) is 7.17. The van der Waals surface area contributed by atoms with Crippen LogP contribution in [0.5, 0.6) is 0 Å². The fraction of sp³-hybridized carbons (Fsp3) is 0.714. The number of ether oxygens (including phenoxy) is 2. The van der Waals surface area contributed by atoms with Crippen molar-refractivity contribution in [1.82, 2.24) is 25.4 Å². The molecule has 0 bridgehead atoms. The summed E-state index contributed by atoms with van der Waals surface area (Å²) in [6, 6.07) is 4.75. The van der Waals surface area contributed by atoms with Gasteiger partial charge in [0.2, 0.25) is 5.91 Å². The van der Waals surface area contributed by atoms with E-state index in [0.717, 1.165) is 74.3 Å². The number of nitrogens with zero attached hydrogens (tertiary/aromatic N) is 3. The quantitative estimate of drug-likeness (QED) is 0.0215. The van der Waals surface area contributed by atoms with E-state index in [0.29, 0.717) is 10.8 Å². The van der Waals surface area contributed by atoms with Crippen LogP contribution in [0.2, 0.25) is 0 Å². The molecule has 0 saturated carbocycles. The van der Waals surface area contributed by atoms with Crippen LogP contribution in [0.25, 0.3) is 0 Å². The van der Waals surface area contributed by atoms with Gasteiger partial charge in [0.1, 0.15) is 23.1 Å². The fourth-order valence-corrected chi connectivity index (χ4v) is 12.1. The predicted molar refractivity (Wildman–Crippen MR) is 304 cm³/mol. The Hall–Kier alpha value is -4.32. The number of Topliss-reactive ketones (excluding diaryl/α,β-unsaturated/α-hetero) is 2. The molecule has 0 aliphatic carbocycles. The van der Waals surface area contributed by atoms with Crippen molar-refractivity contribution >= 4 is 74.3 Å². The normalized spacial score (nSPS) is 16.1. The first-order valence-electron chi connectivity index (χ1n) is 27.7. The van der Waals surface area contributed by atoms with Crippen molar-refractivity contribution in [3.8, 4) is 0 Å². The highest BCUT2D eigenvalue weighted by atomic mass is 33.1. The van der Waals surface area contributed by atoms with Crippen LogP contribution >= 0.6 is 32.9 Å². The van der Waals surface area contributed by atoms with E-state index in [4.69, 9.17) is 25.1 Å². The Labute approximate surface area is 477 Å². The minimum atomic E-state index is -5.08. The highest BCUT2D eigenvalue weighted by molar-refractivity contribution is 8.76. The minimum absolute atomic E-state index is 0.0335. The number of benzene rings is 1. The summed E-state index contributed by atoms with van der Waals surface area (Å²) in [6.07, 6.45) is 8.96. The molecule has 1 aliphatic heterocycles. The number of piperidine rings is 1. The van der Waals surface area contributed by atoms with Gasteiger partial charge in [0, 0.05) is 67.6 Å². The zero-order valence-corrected chi connectivity index (χ0v) is 50.0. The van der Waals surface area contributed by atoms with Crippen LogP contribution in [-0.2, 0) is 39.9 Å². The van der Waals surface area contributed by atoms with Crippen molar-refractivity contribution < 1.29 is 65.7 Å². The number of halogens is 4. The van der Waals surface area contributed by atoms with Gasteiger partial charge in [-0.3, -0.25) is 28.9 Å². The van der Waals surface area contributed by atoms with E-state index in [2.05, 4.69) is 20.5 Å². The second-order valence-corrected chi connectivity index (χ2v) is 24.4. The van der Waals surface area contributed by atoms with E-state index in [1.165, 1.54) is 64.0 Å². The molecule has 23 heteroatoms. The number of aromatic nitrogens is 1. The average molecular weight is 1180 g/mol. The third-order valence-corrected chi connectivity index (χ3v) is 17.5. The Kier molecular flexibility index (Phi) is 34.4. The van der Waals surface area contributed by atoms with E-state index in [-0.39, 0.29) is 79.9 Å². The maximum absolute atomic E-state index is 14.4. The van der Waals surface area contributed by atoms with Crippen molar-refractivity contribution in [2.75, 3.05) is 51.8 Å². The highest BCUT2D eigenvalue weighted by Crippen LogP contribution is 2.33. The topological polar surface area (TPSA) is 228 Å². The summed E-state index contributed by atoms with van der Waals surface area (Å²) in [5.41, 5.74) is 6.38. The summed E-state index contributed by atoms with van der Waals surface area (Å²) < 4.78 is 56.8. The molecule has 0 spiro atoms. The van der Waals surface area contributed by atoms with Crippen molar-refractivity contribution in [3.63, 3.8) is 0 Å². The molecule has 0 radical (unpaired) electrons. The largest absolute Gasteiger partial charge is 0.490 e. The number of amides is 3. The van der Waals surface area contributed by atoms with Gasteiger partial charge in [-0.15, -0.1) is 11.3 Å². The van der Waals surface area contributed by atoms with Crippen LogP contribution in [0.15, 0.2) is 29.6 Å². The van der Waals surface area contributed by atoms with Gasteiger partial charge in [-0.1, -0.05) is 126 Å². The molecule has 448 valence electrons. The first kappa shape index (κ1) is 70.8. The lowest BCUT2D eigenvalue weighted by molar-refractivity contribution is -0.192. The zero-order valence-electron chi connectivity index (χ0n) is 47.5. The second-order valence-electron chi connectivity index (χ2n) is 20.8. The van der Waals surface area contributed by atoms with E-state index in [9.17, 15) is 46.3 Å². The number of carbonyl (C=O) groups excluding carboxylic acids is 6. The molecular weight excluding hydrogens is 1090 g/mol. The van der Waals surface area contributed by atoms with Gasteiger partial charge in [-0.05, 0) is 88.2 Å². The fourth-order valence-electron chi connectivity index (χ4n) is 9.24. The van der Waals surface area contributed by atoms with Gasteiger partial charge in [0.25, 0.3) is 5.91 Å². The molecule has 79 heavy (non-hydrogen) atoms. The molecule has 1 aliphatic rings. The molecule has 1 unspecified atom stereocenters. The van der Waals surface area contributed by atoms with E-state index in [1.807, 2.05) is 34.7 Å². The van der Waals surface area contributed by atoms with Crippen LogP contribution in [0.1, 0.15) is 171 Å². The van der Waals surface area contributed by atoms with Gasteiger partial charge in [0.05, 0.1) is 12.6 Å². The minimum Gasteiger partial charge on any atom is -0.475 e. The number of alkyl halides is 3. The number of carboxylic acid groups (broad SMARTS) is 1. The standard InChI is InChI=1S/C54H87FN6O8S3.C2HF3O2/c1-9-38(4)44(33-48(63)46-21-17-19-27-60(46)7)53(66)61(8)47(37(2)3)34-50(69-40(6)62)52-59-45(36-70-52)51(65)58-43(32-41-22-24-42(55)25-23-41)31-39(5)49(64)35-57-54(67)68-28-30-72-71-29-20-16-14-12-10-11-13-15-18-26-56;3-2(4,5)1(6)7/h22-25,36-39,43-44,46-47,50H,9-21,26-35,56H2,1-8H3,(H,57,67)(H,58,65);(H,6,7)/t38-,39-,43+,44?,46+,47+,50+;/m0./s1. The number of alkyl carbamates (subject to hydrolysis) is 1. The Balaban J connectivity index is 0.00000284. The number of nitrogens with one attached hydrogen (secondary N) is 2. The number of carboxylic acids is 1. The Morgan fingerprint density at radius 1 is 0.924 bits per heavy atom. The number of thiazole rings is 1. The SMILES string of the molecule is CC[C@H](C)C(CC(=O)[C@H]1CCCCN1C)C(=O)N(C)[C@H](C[C@@H](OC(C)=O)c1nc(C(=O)N[C@@H](Cc2ccc(F)cc2)C[C@H](C)C(=O)CNC(=O)OCCSSCCCCCCCCCCCN)cs1)C(C)C.O=C(O)C(F)(F)F. The molecule has 7 atom stereocenters. The number of nitrogens with two attached hydrogens (primary N) is 1. The summed E-state index contributed by atoms with van der Waals surface area (Å²) in [6.45, 7) is 12.7. The van der Waals surface area contributed by atoms with Crippen LogP contribution in [0.3, 0.4) is 0 Å². The molecule has 1 aromatic heterocycles. The van der Waals surface area contributed by atoms with E-state index >= 15 is 0 Å². The monoisotopic (exact) mass is 1180 g/mol. The van der Waals surface area contributed by atoms with Crippen LogP contribution in [0, 0.1) is 29.5 Å². The second kappa shape index (κ2) is 38.4. The number of rotatable bonds is 36. The van der Waals surface area contributed by atoms with Crippen LogP contribution in [0.4, 0.5) is 22.4 Å². The molecule has 16 nitrogen and oxygen atoms in total. The lowest BCUT2D eigenvalue weighted by Crippen LogP contribution is -2.48. The smallest absolute Gasteiger partial charge is 0.475 e. The molecular formula is C56H88F4N6O10S3. The molecule has 3 amide bonds. The average Bonchev–Trinajstić information content (AvgIpc) is 3.92. The predicted octanol–water partition coefficient (Wildman–Crippen LogP) is 11.0. The van der Waals surface area contributed by atoms with Gasteiger partial charge >= 0.3 is 24.2 Å². The molecule has 1 saturated heterocycles. The lowest BCUT2D eigenvalue weighted by Gasteiger charge is -2.37. The summed E-state index contributed by atoms with van der Waals surface area (Å²) >= 11 is 1.16. The third-order valence-electron chi connectivity index (χ3n) is 14.1. The Morgan fingerprint density at radius 3 is 2.10 bits per heavy atom. The first-order chi connectivity index (χ1) is 37.4. The number of likely N-dealkylation sites (tertiary alicyclic amines) is 1. The molecule has 2 heterocycles. The van der Waals surface area contributed by atoms with Crippen molar-refractivity contribution in [2.24, 2.45) is 29.4 Å². The molecule has 5 N–H and O–H groups in total. The molecule has 3 rings (SSSR count). The van der Waals surface area contributed by atoms with Crippen molar-refractivity contribution in [1.29, 1.82) is 0 Å². The number of unbranched alkanes of at least 4 members (excludes halogenated alkanes) is 8. The number of hydrogen-bond acceptors (Lipinski definition) is 15. The number of aliphatic carboxylic acids is 1. The number of carbonyl (C=O) groups is 7. The maximum atomic E-state index is 14.4. The zero-order chi connectivity index (χ0) is 59.1. The number of likely N-dealkylation sites (N-methyl/N-ethyl adjacent to an activating group) is 1. The summed E-state index contributed by atoms with van der Waals surface area (Å²) in [5.74, 6) is -3.99. The van der Waals surface area contributed by atoms with E-state index < -0.39 is 66.0 Å². The van der Waals surface area contributed by atoms with Crippen LogP contribution in [-0.4, -0.2) is 137 Å². The molecule has 1 fully saturated rings. The van der Waals surface area contributed by atoms with Gasteiger partial charge in [0.15, 0.2) is 17.7 Å². The van der Waals surface area contributed by atoms with Gasteiger partial charge in [-0.25, -0.2) is 19.0 Å². The highest BCUT2D eigenvalue weighted by Gasteiger charge is 2.39.